The van der Waals surface area contributed by atoms with E-state index in [9.17, 15) is 14.0 Å². The number of primary amides is 1. The monoisotopic (exact) mass is 439 g/mol. The standard InChI is InChI=1S/C23H22FN3O3S/c24-18-7-2-1-6-17(18)21-20(19(28)13-15-5-3-4-12-26-15)27-22(31-21)14-8-10-16(11-9-14)30-23(25)29/h1-2,6-11,15,26H,3-5,12-13H2,(H2,25,29). The van der Waals surface area contributed by atoms with Crippen molar-refractivity contribution in [3.8, 4) is 26.8 Å². The number of ether oxygens (including phenoxy) is 1. The third-order valence-corrected chi connectivity index (χ3v) is 6.31. The molecule has 8 heteroatoms. The fraction of sp³-hybridized carbons (Fsp3) is 0.261. The topological polar surface area (TPSA) is 94.3 Å². The number of rotatable bonds is 6. The van der Waals surface area contributed by atoms with Gasteiger partial charge < -0.3 is 15.8 Å². The average Bonchev–Trinajstić information content (AvgIpc) is 3.20. The van der Waals surface area contributed by atoms with Gasteiger partial charge in [-0.25, -0.2) is 14.2 Å². The van der Waals surface area contributed by atoms with Crippen LogP contribution in [0.2, 0.25) is 0 Å². The smallest absolute Gasteiger partial charge is 0.409 e. The number of thiazole rings is 1. The molecule has 1 saturated heterocycles. The quantitative estimate of drug-likeness (QED) is 0.539. The highest BCUT2D eigenvalue weighted by Crippen LogP contribution is 2.38. The molecule has 2 heterocycles. The molecule has 31 heavy (non-hydrogen) atoms. The summed E-state index contributed by atoms with van der Waals surface area (Å²) in [5.41, 5.74) is 6.41. The summed E-state index contributed by atoms with van der Waals surface area (Å²) in [7, 11) is 0. The number of nitrogens with one attached hydrogen (secondary N) is 1. The number of nitrogens with zero attached hydrogens (tertiary/aromatic N) is 1. The lowest BCUT2D eigenvalue weighted by Crippen LogP contribution is -2.35. The van der Waals surface area contributed by atoms with Crippen LogP contribution in [0.15, 0.2) is 48.5 Å². The first-order valence-corrected chi connectivity index (χ1v) is 10.9. The molecule has 1 unspecified atom stereocenters. The van der Waals surface area contributed by atoms with E-state index in [2.05, 4.69) is 10.3 Å². The predicted molar refractivity (Wildman–Crippen MR) is 118 cm³/mol. The van der Waals surface area contributed by atoms with Gasteiger partial charge in [-0.2, -0.15) is 0 Å². The molecule has 6 nitrogen and oxygen atoms in total. The van der Waals surface area contributed by atoms with Gasteiger partial charge in [0.2, 0.25) is 0 Å². The van der Waals surface area contributed by atoms with Crippen LogP contribution in [-0.2, 0) is 0 Å². The van der Waals surface area contributed by atoms with Gasteiger partial charge in [-0.3, -0.25) is 4.79 Å². The van der Waals surface area contributed by atoms with E-state index in [1.54, 1.807) is 42.5 Å². The highest BCUT2D eigenvalue weighted by atomic mass is 32.1. The van der Waals surface area contributed by atoms with Gasteiger partial charge in [-0.1, -0.05) is 24.6 Å². The first-order valence-electron chi connectivity index (χ1n) is 10.1. The van der Waals surface area contributed by atoms with Crippen LogP contribution in [-0.4, -0.2) is 29.4 Å². The number of carbonyl (C=O) groups excluding carboxylic acids is 2. The second kappa shape index (κ2) is 9.36. The Bertz CT molecular complexity index is 1090. The number of benzene rings is 2. The zero-order chi connectivity index (χ0) is 21.8. The summed E-state index contributed by atoms with van der Waals surface area (Å²) in [6.45, 7) is 0.903. The summed E-state index contributed by atoms with van der Waals surface area (Å²) in [5.74, 6) is -0.191. The molecule has 160 valence electrons. The minimum Gasteiger partial charge on any atom is -0.411 e. The van der Waals surface area contributed by atoms with Gasteiger partial charge in [0, 0.05) is 23.6 Å². The molecule has 1 aromatic heterocycles. The molecule has 0 spiro atoms. The van der Waals surface area contributed by atoms with Crippen molar-refractivity contribution in [1.29, 1.82) is 0 Å². The van der Waals surface area contributed by atoms with Crippen LogP contribution in [0, 0.1) is 5.82 Å². The summed E-state index contributed by atoms with van der Waals surface area (Å²) in [6, 6.07) is 13.1. The van der Waals surface area contributed by atoms with Gasteiger partial charge in [0.05, 0.1) is 4.88 Å². The lowest BCUT2D eigenvalue weighted by atomic mass is 9.98. The molecular weight excluding hydrogens is 417 g/mol. The Morgan fingerprint density at radius 2 is 1.94 bits per heavy atom. The number of nitrogens with two attached hydrogens (primary N) is 1. The maximum Gasteiger partial charge on any atom is 0.409 e. The average molecular weight is 440 g/mol. The fourth-order valence-electron chi connectivity index (χ4n) is 3.66. The molecule has 0 aliphatic carbocycles. The number of aromatic nitrogens is 1. The van der Waals surface area contributed by atoms with Gasteiger partial charge >= 0.3 is 6.09 Å². The predicted octanol–water partition coefficient (Wildman–Crippen LogP) is 4.79. The number of halogens is 1. The van der Waals surface area contributed by atoms with E-state index >= 15 is 0 Å². The molecule has 3 N–H and O–H groups in total. The van der Waals surface area contributed by atoms with Crippen molar-refractivity contribution in [3.63, 3.8) is 0 Å². The third kappa shape index (κ3) is 4.98. The van der Waals surface area contributed by atoms with Gasteiger partial charge in [-0.15, -0.1) is 11.3 Å². The minimum absolute atomic E-state index is 0.103. The van der Waals surface area contributed by atoms with E-state index in [0.29, 0.717) is 27.6 Å². The first kappa shape index (κ1) is 21.1. The van der Waals surface area contributed by atoms with Gasteiger partial charge in [-0.05, 0) is 49.7 Å². The Labute approximate surface area is 183 Å². The molecule has 1 fully saturated rings. The first-order chi connectivity index (χ1) is 15.0. The lowest BCUT2D eigenvalue weighted by Gasteiger charge is -2.22. The van der Waals surface area contributed by atoms with Gasteiger partial charge in [0.25, 0.3) is 0 Å². The number of amides is 1. The molecule has 0 radical (unpaired) electrons. The fourth-order valence-corrected chi connectivity index (χ4v) is 4.78. The van der Waals surface area contributed by atoms with Crippen molar-refractivity contribution in [3.05, 3.63) is 60.0 Å². The number of ketones is 1. The van der Waals surface area contributed by atoms with Crippen molar-refractivity contribution in [2.45, 2.75) is 31.7 Å². The highest BCUT2D eigenvalue weighted by molar-refractivity contribution is 7.18. The minimum atomic E-state index is -0.895. The number of piperidine rings is 1. The molecule has 0 saturated carbocycles. The van der Waals surface area contributed by atoms with Crippen LogP contribution in [0.3, 0.4) is 0 Å². The normalized spacial score (nSPS) is 16.1. The zero-order valence-electron chi connectivity index (χ0n) is 16.8. The highest BCUT2D eigenvalue weighted by Gasteiger charge is 2.25. The van der Waals surface area contributed by atoms with Crippen LogP contribution in [0.5, 0.6) is 5.75 Å². The second-order valence-electron chi connectivity index (χ2n) is 7.40. The van der Waals surface area contributed by atoms with E-state index in [1.165, 1.54) is 17.4 Å². The van der Waals surface area contributed by atoms with Crippen molar-refractivity contribution in [2.24, 2.45) is 5.73 Å². The third-order valence-electron chi connectivity index (χ3n) is 5.17. The van der Waals surface area contributed by atoms with E-state index in [0.717, 1.165) is 31.4 Å². The maximum absolute atomic E-state index is 14.6. The molecule has 1 atom stereocenters. The number of Topliss-reactive ketones (excluding diaryl/α,β-unsaturated/α-hetero) is 1. The molecule has 2 aromatic carbocycles. The molecule has 0 bridgehead atoms. The van der Waals surface area contributed by atoms with Crippen LogP contribution in [0.4, 0.5) is 9.18 Å². The van der Waals surface area contributed by atoms with Crippen LogP contribution >= 0.6 is 11.3 Å². The van der Waals surface area contributed by atoms with Crippen LogP contribution in [0.25, 0.3) is 21.0 Å². The summed E-state index contributed by atoms with van der Waals surface area (Å²) in [4.78, 5) is 29.2. The number of carbonyl (C=O) groups is 2. The number of hydrogen-bond acceptors (Lipinski definition) is 6. The Kier molecular flexibility index (Phi) is 6.39. The molecule has 1 aliphatic heterocycles. The maximum atomic E-state index is 14.6. The summed E-state index contributed by atoms with van der Waals surface area (Å²) < 4.78 is 19.4. The van der Waals surface area contributed by atoms with E-state index < -0.39 is 11.9 Å². The molecule has 4 rings (SSSR count). The van der Waals surface area contributed by atoms with E-state index in [-0.39, 0.29) is 17.5 Å². The molecule has 1 amide bonds. The number of hydrogen-bond donors (Lipinski definition) is 2. The summed E-state index contributed by atoms with van der Waals surface area (Å²) >= 11 is 1.27. The van der Waals surface area contributed by atoms with Gasteiger partial charge in [0.1, 0.15) is 22.3 Å². The second-order valence-corrected chi connectivity index (χ2v) is 8.40. The Morgan fingerprint density at radius 3 is 2.61 bits per heavy atom. The Balaban J connectivity index is 1.69. The van der Waals surface area contributed by atoms with Gasteiger partial charge in [0.15, 0.2) is 5.78 Å². The van der Waals surface area contributed by atoms with Crippen molar-refractivity contribution >= 4 is 23.2 Å². The largest absolute Gasteiger partial charge is 0.411 e. The van der Waals surface area contributed by atoms with Crippen molar-refractivity contribution < 1.29 is 18.7 Å². The molecule has 3 aromatic rings. The van der Waals surface area contributed by atoms with Crippen molar-refractivity contribution in [1.82, 2.24) is 10.3 Å². The Morgan fingerprint density at radius 1 is 1.16 bits per heavy atom. The van der Waals surface area contributed by atoms with E-state index in [1.807, 2.05) is 0 Å². The summed E-state index contributed by atoms with van der Waals surface area (Å²) in [5, 5.41) is 3.97. The van der Waals surface area contributed by atoms with Crippen LogP contribution in [0.1, 0.15) is 36.2 Å². The van der Waals surface area contributed by atoms with Crippen molar-refractivity contribution in [2.75, 3.05) is 6.54 Å². The molecular formula is C23H22FN3O3S. The zero-order valence-corrected chi connectivity index (χ0v) is 17.6. The molecule has 1 aliphatic rings. The Hall–Kier alpha value is -3.10. The van der Waals surface area contributed by atoms with Crippen LogP contribution < -0.4 is 15.8 Å². The van der Waals surface area contributed by atoms with E-state index in [4.69, 9.17) is 10.5 Å². The SMILES string of the molecule is NC(=O)Oc1ccc(-c2nc(C(=O)CC3CCCCN3)c(-c3ccccc3F)s2)cc1. The lowest BCUT2D eigenvalue weighted by molar-refractivity contribution is 0.0960. The summed E-state index contributed by atoms with van der Waals surface area (Å²) in [6.07, 6.45) is 2.58.